The summed E-state index contributed by atoms with van der Waals surface area (Å²) in [5, 5.41) is 15.0. The lowest BCUT2D eigenvalue weighted by Gasteiger charge is -2.07. The summed E-state index contributed by atoms with van der Waals surface area (Å²) >= 11 is 1.60. The van der Waals surface area contributed by atoms with E-state index in [9.17, 15) is 0 Å². The summed E-state index contributed by atoms with van der Waals surface area (Å²) in [5.41, 5.74) is 8.32. The number of nitrogens with zero attached hydrogens (tertiary/aromatic N) is 4. The first kappa shape index (κ1) is 16.6. The van der Waals surface area contributed by atoms with Crippen LogP contribution in [0.15, 0.2) is 36.4 Å². The van der Waals surface area contributed by atoms with Crippen LogP contribution in [0.2, 0.25) is 0 Å². The van der Waals surface area contributed by atoms with Crippen molar-refractivity contribution < 1.29 is 0 Å². The molecule has 4 rings (SSSR count). The van der Waals surface area contributed by atoms with Gasteiger partial charge in [-0.05, 0) is 72.0 Å². The molecule has 0 aliphatic rings. The van der Waals surface area contributed by atoms with Crippen LogP contribution in [0.3, 0.4) is 0 Å². The van der Waals surface area contributed by atoms with E-state index in [1.165, 1.54) is 22.3 Å². The lowest BCUT2D eigenvalue weighted by molar-refractivity contribution is 0.881. The summed E-state index contributed by atoms with van der Waals surface area (Å²) in [7, 11) is 0. The fourth-order valence-electron chi connectivity index (χ4n) is 2.83. The van der Waals surface area contributed by atoms with Gasteiger partial charge in [0.25, 0.3) is 0 Å². The Hall–Kier alpha value is -2.86. The Bertz CT molecular complexity index is 1010. The van der Waals surface area contributed by atoms with E-state index in [2.05, 4.69) is 84.7 Å². The molecule has 0 amide bonds. The van der Waals surface area contributed by atoms with Crippen molar-refractivity contribution in [1.82, 2.24) is 25.6 Å². The summed E-state index contributed by atoms with van der Waals surface area (Å²) in [5.74, 6) is 0.593. The molecule has 6 heteroatoms. The van der Waals surface area contributed by atoms with Crippen molar-refractivity contribution >= 4 is 11.3 Å². The molecule has 2 aromatic heterocycles. The molecule has 2 heterocycles. The third kappa shape index (κ3) is 2.93. The summed E-state index contributed by atoms with van der Waals surface area (Å²) in [6.45, 7) is 8.51. The fraction of sp³-hybridized carbons (Fsp3) is 0.200. The maximum atomic E-state index is 4.87. The molecule has 1 N–H and O–H groups in total. The van der Waals surface area contributed by atoms with E-state index in [0.29, 0.717) is 5.82 Å². The summed E-state index contributed by atoms with van der Waals surface area (Å²) in [4.78, 5) is 5.99. The average molecular weight is 361 g/mol. The molecule has 0 spiro atoms. The Kier molecular flexibility index (Phi) is 4.12. The van der Waals surface area contributed by atoms with Crippen molar-refractivity contribution in [1.29, 1.82) is 0 Å². The molecular formula is C20H19N5S. The summed E-state index contributed by atoms with van der Waals surface area (Å²) in [6, 6.07) is 13.0. The number of nitrogens with one attached hydrogen (secondary N) is 1. The van der Waals surface area contributed by atoms with Gasteiger partial charge < -0.3 is 0 Å². The highest BCUT2D eigenvalue weighted by molar-refractivity contribution is 7.18. The Labute approximate surface area is 156 Å². The van der Waals surface area contributed by atoms with Gasteiger partial charge in [0.2, 0.25) is 5.82 Å². The predicted octanol–water partition coefficient (Wildman–Crippen LogP) is 4.89. The van der Waals surface area contributed by atoms with Gasteiger partial charge in [0.1, 0.15) is 0 Å². The SMILES string of the molecule is Cc1ccc(-c2nc(-c3nnn[nH]3)sc2-c2ccc(C)c(C)c2)cc1C. The molecule has 130 valence electrons. The number of benzene rings is 2. The molecule has 2 aromatic carbocycles. The Morgan fingerprint density at radius 2 is 1.46 bits per heavy atom. The third-order valence-corrected chi connectivity index (χ3v) is 5.84. The lowest BCUT2D eigenvalue weighted by Crippen LogP contribution is -1.88. The van der Waals surface area contributed by atoms with Crippen LogP contribution in [-0.4, -0.2) is 25.6 Å². The van der Waals surface area contributed by atoms with Crippen LogP contribution in [-0.2, 0) is 0 Å². The standard InChI is InChI=1S/C20H19N5S/c1-11-5-7-15(9-13(11)3)17-18(16-8-6-12(2)14(4)10-16)26-20(21-17)19-22-24-25-23-19/h5-10H,1-4H3,(H,22,23,24,25). The molecule has 0 atom stereocenters. The van der Waals surface area contributed by atoms with Gasteiger partial charge in [-0.15, -0.1) is 16.4 Å². The molecule has 0 fully saturated rings. The normalized spacial score (nSPS) is 11.1. The Morgan fingerprint density at radius 3 is 2.08 bits per heavy atom. The van der Waals surface area contributed by atoms with E-state index in [0.717, 1.165) is 26.7 Å². The van der Waals surface area contributed by atoms with Crippen LogP contribution in [0.25, 0.3) is 32.5 Å². The molecule has 26 heavy (non-hydrogen) atoms. The zero-order valence-electron chi connectivity index (χ0n) is 15.2. The smallest absolute Gasteiger partial charge is 0.208 e. The van der Waals surface area contributed by atoms with Crippen molar-refractivity contribution in [3.05, 3.63) is 58.7 Å². The molecule has 5 nitrogen and oxygen atoms in total. The minimum atomic E-state index is 0.593. The van der Waals surface area contributed by atoms with E-state index in [1.807, 2.05) is 0 Å². The highest BCUT2D eigenvalue weighted by Crippen LogP contribution is 2.40. The Balaban J connectivity index is 1.93. The first-order valence-electron chi connectivity index (χ1n) is 8.43. The number of aromatic amines is 1. The molecule has 0 radical (unpaired) electrons. The van der Waals surface area contributed by atoms with Gasteiger partial charge in [-0.25, -0.2) is 10.1 Å². The van der Waals surface area contributed by atoms with Crippen LogP contribution < -0.4 is 0 Å². The van der Waals surface area contributed by atoms with Crippen LogP contribution in [0.5, 0.6) is 0 Å². The van der Waals surface area contributed by atoms with Gasteiger partial charge in [0, 0.05) is 5.56 Å². The highest BCUT2D eigenvalue weighted by Gasteiger charge is 2.18. The number of aromatic nitrogens is 5. The van der Waals surface area contributed by atoms with Gasteiger partial charge in [-0.3, -0.25) is 0 Å². The number of hydrogen-bond donors (Lipinski definition) is 1. The van der Waals surface area contributed by atoms with Crippen molar-refractivity contribution in [2.45, 2.75) is 27.7 Å². The van der Waals surface area contributed by atoms with Crippen LogP contribution in [0.4, 0.5) is 0 Å². The second-order valence-corrected chi connectivity index (χ2v) is 7.54. The number of rotatable bonds is 3. The van der Waals surface area contributed by atoms with E-state index < -0.39 is 0 Å². The quantitative estimate of drug-likeness (QED) is 0.564. The number of hydrogen-bond acceptors (Lipinski definition) is 5. The Morgan fingerprint density at radius 1 is 0.808 bits per heavy atom. The number of thiazole rings is 1. The molecular weight excluding hydrogens is 342 g/mol. The maximum absolute atomic E-state index is 4.87. The second-order valence-electron chi connectivity index (χ2n) is 6.54. The van der Waals surface area contributed by atoms with Crippen LogP contribution in [0.1, 0.15) is 22.3 Å². The molecule has 0 bridgehead atoms. The topological polar surface area (TPSA) is 67.3 Å². The van der Waals surface area contributed by atoms with Gasteiger partial charge in [0.15, 0.2) is 5.01 Å². The van der Waals surface area contributed by atoms with Crippen molar-refractivity contribution in [2.75, 3.05) is 0 Å². The minimum absolute atomic E-state index is 0.593. The number of H-pyrrole nitrogens is 1. The van der Waals surface area contributed by atoms with Crippen molar-refractivity contribution in [3.63, 3.8) is 0 Å². The van der Waals surface area contributed by atoms with Gasteiger partial charge >= 0.3 is 0 Å². The first-order valence-corrected chi connectivity index (χ1v) is 9.25. The monoisotopic (exact) mass is 361 g/mol. The van der Waals surface area contributed by atoms with Gasteiger partial charge in [-0.1, -0.05) is 30.3 Å². The molecule has 0 saturated carbocycles. The zero-order chi connectivity index (χ0) is 18.3. The number of tetrazole rings is 1. The lowest BCUT2D eigenvalue weighted by atomic mass is 10.00. The maximum Gasteiger partial charge on any atom is 0.208 e. The summed E-state index contributed by atoms with van der Waals surface area (Å²) in [6.07, 6.45) is 0. The molecule has 0 aliphatic heterocycles. The van der Waals surface area contributed by atoms with Crippen molar-refractivity contribution in [2.24, 2.45) is 0 Å². The van der Waals surface area contributed by atoms with E-state index >= 15 is 0 Å². The minimum Gasteiger partial charge on any atom is -0.237 e. The molecule has 0 saturated heterocycles. The molecule has 0 unspecified atom stereocenters. The zero-order valence-corrected chi connectivity index (χ0v) is 16.0. The average Bonchev–Trinajstić information content (AvgIpc) is 3.29. The third-order valence-electron chi connectivity index (χ3n) is 4.72. The van der Waals surface area contributed by atoms with E-state index in [-0.39, 0.29) is 0 Å². The van der Waals surface area contributed by atoms with Crippen LogP contribution >= 0.6 is 11.3 Å². The van der Waals surface area contributed by atoms with Gasteiger partial charge in [-0.2, -0.15) is 0 Å². The van der Waals surface area contributed by atoms with E-state index in [1.54, 1.807) is 11.3 Å². The van der Waals surface area contributed by atoms with E-state index in [4.69, 9.17) is 4.98 Å². The first-order chi connectivity index (χ1) is 12.5. The predicted molar refractivity (Wildman–Crippen MR) is 105 cm³/mol. The van der Waals surface area contributed by atoms with Crippen LogP contribution in [0, 0.1) is 27.7 Å². The second kappa shape index (κ2) is 6.46. The molecule has 0 aliphatic carbocycles. The highest BCUT2D eigenvalue weighted by atomic mass is 32.1. The van der Waals surface area contributed by atoms with Crippen molar-refractivity contribution in [3.8, 4) is 32.5 Å². The fourth-order valence-corrected chi connectivity index (χ4v) is 3.85. The number of aryl methyl sites for hydroxylation is 4. The molecule has 4 aromatic rings. The largest absolute Gasteiger partial charge is 0.237 e. The van der Waals surface area contributed by atoms with Gasteiger partial charge in [0.05, 0.1) is 10.6 Å². The summed E-state index contributed by atoms with van der Waals surface area (Å²) < 4.78 is 0.